The molecule has 0 heterocycles. The predicted octanol–water partition coefficient (Wildman–Crippen LogP) is 2.75. The summed E-state index contributed by atoms with van der Waals surface area (Å²) < 4.78 is 0. The van der Waals surface area contributed by atoms with E-state index in [9.17, 15) is 5.11 Å². The van der Waals surface area contributed by atoms with Crippen molar-refractivity contribution >= 4 is 0 Å². The van der Waals surface area contributed by atoms with Crippen molar-refractivity contribution < 1.29 is 5.11 Å². The largest absolute Gasteiger partial charge is 0.393 e. The number of allylic oxidation sites excluding steroid dienone is 1. The Kier molecular flexibility index (Phi) is 3.33. The van der Waals surface area contributed by atoms with E-state index in [1.54, 1.807) is 0 Å². The van der Waals surface area contributed by atoms with Gasteiger partial charge in [-0.3, -0.25) is 0 Å². The van der Waals surface area contributed by atoms with E-state index in [0.29, 0.717) is 11.8 Å². The van der Waals surface area contributed by atoms with Gasteiger partial charge in [-0.25, -0.2) is 0 Å². The first-order valence-electron chi connectivity index (χ1n) is 5.00. The molecule has 1 aliphatic carbocycles. The minimum atomic E-state index is -0.0633. The Hall–Kier alpha value is -0.300. The van der Waals surface area contributed by atoms with E-state index in [-0.39, 0.29) is 6.10 Å². The Morgan fingerprint density at radius 1 is 1.67 bits per heavy atom. The van der Waals surface area contributed by atoms with Crippen LogP contribution >= 0.6 is 0 Å². The van der Waals surface area contributed by atoms with Gasteiger partial charge in [-0.1, -0.05) is 31.9 Å². The second-order valence-electron chi connectivity index (χ2n) is 4.06. The molecular weight excluding hydrogens is 148 g/mol. The average Bonchev–Trinajstić information content (AvgIpc) is 2.78. The van der Waals surface area contributed by atoms with Crippen LogP contribution < -0.4 is 0 Å². The van der Waals surface area contributed by atoms with Crippen molar-refractivity contribution in [1.82, 2.24) is 0 Å². The van der Waals surface area contributed by atoms with Crippen LogP contribution in [0.4, 0.5) is 0 Å². The van der Waals surface area contributed by atoms with Crippen LogP contribution in [0.25, 0.3) is 0 Å². The third kappa shape index (κ3) is 2.34. The van der Waals surface area contributed by atoms with Crippen LogP contribution in [0.5, 0.6) is 0 Å². The van der Waals surface area contributed by atoms with Crippen molar-refractivity contribution in [3.8, 4) is 0 Å². The highest BCUT2D eigenvalue weighted by atomic mass is 16.3. The molecule has 1 aliphatic rings. The van der Waals surface area contributed by atoms with E-state index in [1.807, 2.05) is 0 Å². The standard InChI is InChI=1S/C11H20O/c1-4-5-6-11(12)10-7-9(10)8(2)3/h9-12H,2,4-7H2,1,3H3/t9-,10-,11+/m1/s1. The highest BCUT2D eigenvalue weighted by Gasteiger charge is 2.41. The van der Waals surface area contributed by atoms with Crippen molar-refractivity contribution in [1.29, 1.82) is 0 Å². The molecule has 0 amide bonds. The Bertz CT molecular complexity index is 162. The highest BCUT2D eigenvalue weighted by Crippen LogP contribution is 2.46. The first-order chi connectivity index (χ1) is 5.66. The molecule has 1 fully saturated rings. The SMILES string of the molecule is C=C(C)[C@H]1C[C@H]1[C@@H](O)CCCC. The van der Waals surface area contributed by atoms with Crippen LogP contribution in [-0.2, 0) is 0 Å². The van der Waals surface area contributed by atoms with E-state index in [2.05, 4.69) is 20.4 Å². The van der Waals surface area contributed by atoms with Crippen molar-refractivity contribution in [2.75, 3.05) is 0 Å². The maximum absolute atomic E-state index is 9.70. The van der Waals surface area contributed by atoms with Crippen molar-refractivity contribution in [3.63, 3.8) is 0 Å². The first-order valence-corrected chi connectivity index (χ1v) is 5.00. The number of unbranched alkanes of at least 4 members (excludes halogenated alkanes) is 1. The molecule has 1 rings (SSSR count). The van der Waals surface area contributed by atoms with Gasteiger partial charge in [0, 0.05) is 0 Å². The van der Waals surface area contributed by atoms with E-state index in [1.165, 1.54) is 18.4 Å². The van der Waals surface area contributed by atoms with Crippen LogP contribution in [0, 0.1) is 11.8 Å². The van der Waals surface area contributed by atoms with Gasteiger partial charge in [0.15, 0.2) is 0 Å². The van der Waals surface area contributed by atoms with E-state index in [4.69, 9.17) is 0 Å². The molecular formula is C11H20O. The molecule has 0 bridgehead atoms. The van der Waals surface area contributed by atoms with Gasteiger partial charge < -0.3 is 5.11 Å². The summed E-state index contributed by atoms with van der Waals surface area (Å²) in [5, 5.41) is 9.70. The van der Waals surface area contributed by atoms with Gasteiger partial charge in [0.25, 0.3) is 0 Å². The number of hydrogen-bond donors (Lipinski definition) is 1. The average molecular weight is 168 g/mol. The topological polar surface area (TPSA) is 20.2 Å². The van der Waals surface area contributed by atoms with E-state index in [0.717, 1.165) is 12.8 Å². The summed E-state index contributed by atoms with van der Waals surface area (Å²) in [4.78, 5) is 0. The lowest BCUT2D eigenvalue weighted by molar-refractivity contribution is 0.134. The predicted molar refractivity (Wildman–Crippen MR) is 51.9 cm³/mol. The van der Waals surface area contributed by atoms with Gasteiger partial charge in [0.05, 0.1) is 6.10 Å². The molecule has 1 saturated carbocycles. The fraction of sp³-hybridized carbons (Fsp3) is 0.818. The van der Waals surface area contributed by atoms with Gasteiger partial charge in [-0.2, -0.15) is 0 Å². The minimum Gasteiger partial charge on any atom is -0.393 e. The molecule has 0 aromatic heterocycles. The normalized spacial score (nSPS) is 29.9. The second-order valence-corrected chi connectivity index (χ2v) is 4.06. The summed E-state index contributed by atoms with van der Waals surface area (Å²) in [5.41, 5.74) is 1.25. The smallest absolute Gasteiger partial charge is 0.0574 e. The molecule has 1 nitrogen and oxygen atoms in total. The second kappa shape index (κ2) is 4.08. The lowest BCUT2D eigenvalue weighted by atomic mass is 10.1. The van der Waals surface area contributed by atoms with Crippen molar-refractivity contribution in [2.24, 2.45) is 11.8 Å². The summed E-state index contributed by atoms with van der Waals surface area (Å²) in [5.74, 6) is 1.16. The fourth-order valence-corrected chi connectivity index (χ4v) is 1.83. The molecule has 1 heteroatoms. The lowest BCUT2D eigenvalue weighted by Crippen LogP contribution is -2.10. The first kappa shape index (κ1) is 9.79. The van der Waals surface area contributed by atoms with Crippen molar-refractivity contribution in [3.05, 3.63) is 12.2 Å². The maximum Gasteiger partial charge on any atom is 0.0574 e. The van der Waals surface area contributed by atoms with Crippen molar-refractivity contribution in [2.45, 2.75) is 45.6 Å². The Morgan fingerprint density at radius 3 is 2.75 bits per heavy atom. The summed E-state index contributed by atoms with van der Waals surface area (Å²) in [6.07, 6.45) is 4.42. The number of aliphatic hydroxyl groups is 1. The quantitative estimate of drug-likeness (QED) is 0.626. The van der Waals surface area contributed by atoms with Crippen LogP contribution in [-0.4, -0.2) is 11.2 Å². The summed E-state index contributed by atoms with van der Waals surface area (Å²) in [7, 11) is 0. The summed E-state index contributed by atoms with van der Waals surface area (Å²) >= 11 is 0. The van der Waals surface area contributed by atoms with E-state index >= 15 is 0 Å². The molecule has 0 aromatic rings. The van der Waals surface area contributed by atoms with Gasteiger partial charge in [-0.05, 0) is 31.6 Å². The molecule has 0 aliphatic heterocycles. The third-order valence-electron chi connectivity index (χ3n) is 2.82. The van der Waals surface area contributed by atoms with E-state index < -0.39 is 0 Å². The summed E-state index contributed by atoms with van der Waals surface area (Å²) in [6, 6.07) is 0. The zero-order chi connectivity index (χ0) is 9.14. The number of aliphatic hydroxyl groups excluding tert-OH is 1. The maximum atomic E-state index is 9.70. The van der Waals surface area contributed by atoms with Crippen LogP contribution in [0.2, 0.25) is 0 Å². The number of rotatable bonds is 5. The van der Waals surface area contributed by atoms with Crippen LogP contribution in [0.1, 0.15) is 39.5 Å². The molecule has 0 aromatic carbocycles. The van der Waals surface area contributed by atoms with Crippen LogP contribution in [0.15, 0.2) is 12.2 Å². The molecule has 0 saturated heterocycles. The molecule has 70 valence electrons. The number of hydrogen-bond acceptors (Lipinski definition) is 1. The van der Waals surface area contributed by atoms with Gasteiger partial charge >= 0.3 is 0 Å². The lowest BCUT2D eigenvalue weighted by Gasteiger charge is -2.08. The molecule has 0 unspecified atom stereocenters. The highest BCUT2D eigenvalue weighted by molar-refractivity contribution is 5.10. The Labute approximate surface area is 75.5 Å². The molecule has 0 radical (unpaired) electrons. The molecule has 0 spiro atoms. The van der Waals surface area contributed by atoms with Gasteiger partial charge in [-0.15, -0.1) is 0 Å². The molecule has 12 heavy (non-hydrogen) atoms. The summed E-state index contributed by atoms with van der Waals surface area (Å²) in [6.45, 7) is 8.15. The Balaban J connectivity index is 2.19. The molecule has 3 atom stereocenters. The zero-order valence-corrected chi connectivity index (χ0v) is 8.21. The fourth-order valence-electron chi connectivity index (χ4n) is 1.83. The monoisotopic (exact) mass is 168 g/mol. The third-order valence-corrected chi connectivity index (χ3v) is 2.82. The Morgan fingerprint density at radius 2 is 2.33 bits per heavy atom. The van der Waals surface area contributed by atoms with Gasteiger partial charge in [0.1, 0.15) is 0 Å². The zero-order valence-electron chi connectivity index (χ0n) is 8.21. The van der Waals surface area contributed by atoms with Gasteiger partial charge in [0.2, 0.25) is 0 Å². The minimum absolute atomic E-state index is 0.0633. The van der Waals surface area contributed by atoms with Crippen LogP contribution in [0.3, 0.4) is 0 Å². The molecule has 1 N–H and O–H groups in total.